The largest absolute Gasteiger partial charge is 0.345 e. The molecule has 1 aromatic heterocycles. The summed E-state index contributed by atoms with van der Waals surface area (Å²) < 4.78 is 2.54. The van der Waals surface area contributed by atoms with E-state index in [0.29, 0.717) is 0 Å². The minimum Gasteiger partial charge on any atom is -0.345 e. The Morgan fingerprint density at radius 1 is 0.574 bits per heavy atom. The van der Waals surface area contributed by atoms with Gasteiger partial charge in [0.05, 0.1) is 11.2 Å². The summed E-state index contributed by atoms with van der Waals surface area (Å²) in [4.78, 5) is 2.30. The SMILES string of the molecule is CN(c1cccc(-c2ccc3c(c2)c2c(n3C3=CC=CCC3)-c3cccc4cccc-2c34)c1)c1ccc2c(ccc3ccccc32)c1. The van der Waals surface area contributed by atoms with Crippen LogP contribution in [0.4, 0.5) is 11.4 Å². The molecule has 2 aliphatic carbocycles. The zero-order valence-electron chi connectivity index (χ0n) is 26.2. The van der Waals surface area contributed by atoms with Crippen LogP contribution in [0.2, 0.25) is 0 Å². The van der Waals surface area contributed by atoms with Crippen LogP contribution in [0.25, 0.3) is 82.4 Å². The first-order valence-electron chi connectivity index (χ1n) is 16.6. The summed E-state index contributed by atoms with van der Waals surface area (Å²) in [5, 5.41) is 9.12. The van der Waals surface area contributed by atoms with Gasteiger partial charge in [-0.05, 0) is 104 Å². The van der Waals surface area contributed by atoms with Crippen LogP contribution in [0.15, 0.2) is 152 Å². The van der Waals surface area contributed by atoms with Gasteiger partial charge in [-0.25, -0.2) is 0 Å². The van der Waals surface area contributed by atoms with E-state index in [1.54, 1.807) is 0 Å². The minimum atomic E-state index is 1.04. The number of nitrogens with zero attached hydrogens (tertiary/aromatic N) is 2. The number of hydrogen-bond donors (Lipinski definition) is 0. The molecule has 0 bridgehead atoms. The van der Waals surface area contributed by atoms with Gasteiger partial charge >= 0.3 is 0 Å². The van der Waals surface area contributed by atoms with Gasteiger partial charge in [-0.3, -0.25) is 0 Å². The molecule has 0 aliphatic heterocycles. The first-order chi connectivity index (χ1) is 23.2. The maximum atomic E-state index is 2.54. The summed E-state index contributed by atoms with van der Waals surface area (Å²) in [6.45, 7) is 0. The van der Waals surface area contributed by atoms with Crippen molar-refractivity contribution in [2.24, 2.45) is 0 Å². The highest BCUT2D eigenvalue weighted by molar-refractivity contribution is 6.22. The van der Waals surface area contributed by atoms with Gasteiger partial charge in [0.15, 0.2) is 0 Å². The summed E-state index contributed by atoms with van der Waals surface area (Å²) in [5.74, 6) is 0. The van der Waals surface area contributed by atoms with Crippen molar-refractivity contribution in [3.05, 3.63) is 152 Å². The van der Waals surface area contributed by atoms with E-state index < -0.39 is 0 Å². The molecule has 47 heavy (non-hydrogen) atoms. The molecular formula is C45H32N2. The third kappa shape index (κ3) is 3.91. The van der Waals surface area contributed by atoms with Crippen molar-refractivity contribution in [1.29, 1.82) is 0 Å². The molecule has 222 valence electrons. The number of aromatic nitrogens is 1. The molecule has 0 radical (unpaired) electrons. The van der Waals surface area contributed by atoms with Crippen LogP contribution in [-0.2, 0) is 0 Å². The normalized spacial score (nSPS) is 13.5. The van der Waals surface area contributed by atoms with Gasteiger partial charge in [-0.15, -0.1) is 0 Å². The number of hydrogen-bond acceptors (Lipinski definition) is 1. The average Bonchev–Trinajstić information content (AvgIpc) is 3.65. The van der Waals surface area contributed by atoms with Crippen LogP contribution in [0.3, 0.4) is 0 Å². The van der Waals surface area contributed by atoms with Crippen molar-refractivity contribution in [2.75, 3.05) is 11.9 Å². The Kier molecular flexibility index (Phi) is 5.65. The standard InChI is InChI=1S/C45H32N2/c1-46(36-23-24-38-33(27-36)21-20-29-10-5-6-17-37(29)38)35-16-7-13-31(26-35)32-22-25-42-41(28-32)44-39-18-8-11-30-12-9-19-40(43(30)39)45(44)47(42)34-14-3-2-4-15-34/h2-3,5-14,16-28H,4,15H2,1H3. The lowest BCUT2D eigenvalue weighted by molar-refractivity contribution is 0.968. The number of allylic oxidation sites excluding steroid dienone is 4. The third-order valence-corrected chi connectivity index (χ3v) is 10.4. The Morgan fingerprint density at radius 3 is 2.23 bits per heavy atom. The smallest absolute Gasteiger partial charge is 0.0622 e. The van der Waals surface area contributed by atoms with Gasteiger partial charge in [0.1, 0.15) is 0 Å². The molecule has 8 aromatic rings. The average molecular weight is 601 g/mol. The topological polar surface area (TPSA) is 8.17 Å². The van der Waals surface area contributed by atoms with Crippen molar-refractivity contribution in [3.63, 3.8) is 0 Å². The molecule has 0 saturated carbocycles. The second-order valence-corrected chi connectivity index (χ2v) is 12.9. The molecule has 0 N–H and O–H groups in total. The first-order valence-corrected chi connectivity index (χ1v) is 16.6. The predicted molar refractivity (Wildman–Crippen MR) is 201 cm³/mol. The van der Waals surface area contributed by atoms with Crippen molar-refractivity contribution in [1.82, 2.24) is 4.57 Å². The van der Waals surface area contributed by atoms with E-state index in [9.17, 15) is 0 Å². The predicted octanol–water partition coefficient (Wildman–Crippen LogP) is 12.4. The van der Waals surface area contributed by atoms with Gasteiger partial charge < -0.3 is 9.47 Å². The van der Waals surface area contributed by atoms with Crippen molar-refractivity contribution >= 4 is 60.3 Å². The van der Waals surface area contributed by atoms with Crippen molar-refractivity contribution in [3.8, 4) is 33.5 Å². The Labute approximate surface area is 274 Å². The molecule has 1 heterocycles. The Hall–Kier alpha value is -5.86. The van der Waals surface area contributed by atoms with E-state index in [4.69, 9.17) is 0 Å². The summed E-state index contributed by atoms with van der Waals surface area (Å²) in [6, 6.07) is 49.5. The molecule has 10 rings (SSSR count). The fourth-order valence-electron chi connectivity index (χ4n) is 8.07. The monoisotopic (exact) mass is 600 g/mol. The quantitative estimate of drug-likeness (QED) is 0.182. The van der Waals surface area contributed by atoms with Crippen LogP contribution in [0.1, 0.15) is 12.8 Å². The molecule has 0 unspecified atom stereocenters. The lowest BCUT2D eigenvalue weighted by Crippen LogP contribution is -2.09. The number of anilines is 2. The zero-order valence-corrected chi connectivity index (χ0v) is 26.2. The van der Waals surface area contributed by atoms with Crippen LogP contribution >= 0.6 is 0 Å². The summed E-state index contributed by atoms with van der Waals surface area (Å²) in [7, 11) is 2.17. The van der Waals surface area contributed by atoms with Crippen LogP contribution in [0.5, 0.6) is 0 Å². The second-order valence-electron chi connectivity index (χ2n) is 12.9. The molecule has 2 heteroatoms. The Bertz CT molecular complexity index is 2640. The minimum absolute atomic E-state index is 1.04. The van der Waals surface area contributed by atoms with Gasteiger partial charge in [-0.2, -0.15) is 0 Å². The lowest BCUT2D eigenvalue weighted by atomic mass is 9.98. The van der Waals surface area contributed by atoms with Crippen LogP contribution in [0, 0.1) is 0 Å². The van der Waals surface area contributed by atoms with Gasteiger partial charge in [0.2, 0.25) is 0 Å². The Balaban J connectivity index is 1.10. The maximum Gasteiger partial charge on any atom is 0.0622 e. The van der Waals surface area contributed by atoms with Gasteiger partial charge in [-0.1, -0.05) is 109 Å². The number of fused-ring (bicyclic) bond motifs is 8. The van der Waals surface area contributed by atoms with Gasteiger partial charge in [0.25, 0.3) is 0 Å². The van der Waals surface area contributed by atoms with Crippen LogP contribution in [-0.4, -0.2) is 11.6 Å². The highest BCUT2D eigenvalue weighted by Crippen LogP contribution is 2.53. The molecule has 0 spiro atoms. The first kappa shape index (κ1) is 26.4. The van der Waals surface area contributed by atoms with E-state index in [1.165, 1.54) is 93.8 Å². The van der Waals surface area contributed by atoms with Crippen LogP contribution < -0.4 is 4.90 Å². The molecule has 2 nitrogen and oxygen atoms in total. The Morgan fingerprint density at radius 2 is 1.34 bits per heavy atom. The third-order valence-electron chi connectivity index (χ3n) is 10.4. The fraction of sp³-hybridized carbons (Fsp3) is 0.0667. The molecular weight excluding hydrogens is 569 g/mol. The number of rotatable bonds is 4. The van der Waals surface area contributed by atoms with Crippen molar-refractivity contribution < 1.29 is 0 Å². The molecule has 0 atom stereocenters. The van der Waals surface area contributed by atoms with E-state index in [2.05, 4.69) is 168 Å². The number of benzene rings is 7. The summed E-state index contributed by atoms with van der Waals surface area (Å²) in [5.41, 5.74) is 12.8. The maximum absolute atomic E-state index is 2.54. The zero-order chi connectivity index (χ0) is 31.1. The van der Waals surface area contributed by atoms with Crippen molar-refractivity contribution in [2.45, 2.75) is 12.8 Å². The summed E-state index contributed by atoms with van der Waals surface area (Å²) in [6.07, 6.45) is 8.90. The van der Waals surface area contributed by atoms with E-state index in [-0.39, 0.29) is 0 Å². The highest BCUT2D eigenvalue weighted by atomic mass is 15.1. The molecule has 2 aliphatic rings. The van der Waals surface area contributed by atoms with E-state index >= 15 is 0 Å². The molecule has 0 fully saturated rings. The molecule has 0 amide bonds. The molecule has 0 saturated heterocycles. The van der Waals surface area contributed by atoms with E-state index in [0.717, 1.165) is 12.8 Å². The lowest BCUT2D eigenvalue weighted by Gasteiger charge is -2.21. The summed E-state index contributed by atoms with van der Waals surface area (Å²) >= 11 is 0. The van der Waals surface area contributed by atoms with Gasteiger partial charge in [0, 0.05) is 40.6 Å². The fourth-order valence-corrected chi connectivity index (χ4v) is 8.07. The highest BCUT2D eigenvalue weighted by Gasteiger charge is 2.30. The van der Waals surface area contributed by atoms with E-state index in [1.807, 2.05) is 0 Å². The molecule has 7 aromatic carbocycles. The second kappa shape index (κ2) is 10.1.